The number of amides is 3. The fourth-order valence-electron chi connectivity index (χ4n) is 4.14. The first-order chi connectivity index (χ1) is 16.8. The van der Waals surface area contributed by atoms with Crippen LogP contribution < -0.4 is 10.6 Å². The summed E-state index contributed by atoms with van der Waals surface area (Å²) in [6.07, 6.45) is -0.825. The van der Waals surface area contributed by atoms with Crippen LogP contribution in [-0.2, 0) is 14.3 Å². The van der Waals surface area contributed by atoms with Gasteiger partial charge in [0.25, 0.3) is 5.91 Å². The zero-order valence-electron chi connectivity index (χ0n) is 22.6. The van der Waals surface area contributed by atoms with E-state index < -0.39 is 36.3 Å². The molecule has 2 aromatic carbocycles. The number of aliphatic hydroxyl groups excluding tert-OH is 1. The second kappa shape index (κ2) is 12.0. The predicted octanol–water partition coefficient (Wildman–Crippen LogP) is 4.33. The van der Waals surface area contributed by atoms with Crippen molar-refractivity contribution in [2.45, 2.75) is 73.1 Å². The van der Waals surface area contributed by atoms with Crippen molar-refractivity contribution in [1.29, 1.82) is 0 Å². The lowest BCUT2D eigenvalue weighted by atomic mass is 9.98. The molecule has 0 radical (unpaired) electrons. The molecule has 0 saturated carbocycles. The fourth-order valence-corrected chi connectivity index (χ4v) is 4.14. The molecule has 0 aliphatic rings. The fraction of sp³-hybridized carbons (Fsp3) is 0.464. The molecule has 0 saturated heterocycles. The first-order valence-electron chi connectivity index (χ1n) is 12.1. The van der Waals surface area contributed by atoms with Gasteiger partial charge in [0, 0.05) is 12.2 Å². The van der Waals surface area contributed by atoms with Crippen molar-refractivity contribution in [3.05, 3.63) is 64.2 Å². The Balaban J connectivity index is 2.49. The standard InChI is InChI=1S/C28H39N3O5/c1-9-31(26(34)22(16-32)29-27(35)36-28(6,7)8)24(21-14-17(2)13-18(3)15-21)25(33)30-23-19(4)11-10-12-20(23)5/h10-15,22,24,32H,9,16H2,1-8H3,(H,29,35)(H,30,33). The Morgan fingerprint density at radius 1 is 1.00 bits per heavy atom. The van der Waals surface area contributed by atoms with Gasteiger partial charge in [-0.2, -0.15) is 0 Å². The Hall–Kier alpha value is -3.39. The normalized spacial score (nSPS) is 12.9. The minimum atomic E-state index is -1.28. The summed E-state index contributed by atoms with van der Waals surface area (Å²) in [6, 6.07) is 9.18. The molecule has 0 heterocycles. The van der Waals surface area contributed by atoms with Gasteiger partial charge >= 0.3 is 6.09 Å². The first-order valence-corrected chi connectivity index (χ1v) is 12.1. The van der Waals surface area contributed by atoms with E-state index in [-0.39, 0.29) is 12.5 Å². The van der Waals surface area contributed by atoms with Crippen LogP contribution in [0.1, 0.15) is 61.6 Å². The Labute approximate surface area is 214 Å². The summed E-state index contributed by atoms with van der Waals surface area (Å²) in [5, 5.41) is 15.4. The number of hydrogen-bond acceptors (Lipinski definition) is 5. The topological polar surface area (TPSA) is 108 Å². The zero-order chi connectivity index (χ0) is 27.2. The molecule has 36 heavy (non-hydrogen) atoms. The summed E-state index contributed by atoms with van der Waals surface area (Å²) in [7, 11) is 0. The van der Waals surface area contributed by atoms with Crippen LogP contribution in [0.5, 0.6) is 0 Å². The number of nitrogens with zero attached hydrogens (tertiary/aromatic N) is 1. The van der Waals surface area contributed by atoms with Crippen LogP contribution in [0.4, 0.5) is 10.5 Å². The Kier molecular flexibility index (Phi) is 9.64. The van der Waals surface area contributed by atoms with E-state index in [4.69, 9.17) is 4.74 Å². The quantitative estimate of drug-likeness (QED) is 0.503. The molecule has 0 aliphatic carbocycles. The third kappa shape index (κ3) is 7.55. The number of rotatable bonds is 8. The number of para-hydroxylation sites is 1. The lowest BCUT2D eigenvalue weighted by molar-refractivity contribution is -0.141. The second-order valence-electron chi connectivity index (χ2n) is 10.1. The number of hydrogen-bond donors (Lipinski definition) is 3. The molecule has 2 rings (SSSR count). The molecule has 2 aromatic rings. The lowest BCUT2D eigenvalue weighted by Crippen LogP contribution is -2.53. The van der Waals surface area contributed by atoms with Gasteiger partial charge in [-0.1, -0.05) is 47.5 Å². The summed E-state index contributed by atoms with van der Waals surface area (Å²) in [4.78, 5) is 41.1. The van der Waals surface area contributed by atoms with E-state index in [1.54, 1.807) is 27.7 Å². The molecule has 2 atom stereocenters. The highest BCUT2D eigenvalue weighted by atomic mass is 16.6. The molecule has 3 amide bonds. The zero-order valence-corrected chi connectivity index (χ0v) is 22.6. The van der Waals surface area contributed by atoms with Crippen molar-refractivity contribution in [2.75, 3.05) is 18.5 Å². The molecule has 196 valence electrons. The van der Waals surface area contributed by atoms with Crippen LogP contribution in [-0.4, -0.2) is 52.7 Å². The van der Waals surface area contributed by atoms with Gasteiger partial charge in [-0.15, -0.1) is 0 Å². The van der Waals surface area contributed by atoms with E-state index in [0.29, 0.717) is 11.3 Å². The Morgan fingerprint density at radius 2 is 1.56 bits per heavy atom. The van der Waals surface area contributed by atoms with Gasteiger partial charge in [-0.3, -0.25) is 9.59 Å². The number of ether oxygens (including phenoxy) is 1. The third-order valence-corrected chi connectivity index (χ3v) is 5.64. The summed E-state index contributed by atoms with van der Waals surface area (Å²) >= 11 is 0. The highest BCUT2D eigenvalue weighted by Gasteiger charge is 2.35. The maximum Gasteiger partial charge on any atom is 0.408 e. The van der Waals surface area contributed by atoms with Gasteiger partial charge in [0.1, 0.15) is 17.7 Å². The van der Waals surface area contributed by atoms with E-state index in [0.717, 1.165) is 22.3 Å². The molecule has 3 N–H and O–H groups in total. The minimum absolute atomic E-state index is 0.170. The SMILES string of the molecule is CCN(C(=O)C(CO)NC(=O)OC(C)(C)C)C(C(=O)Nc1c(C)cccc1C)c1cc(C)cc(C)c1. The van der Waals surface area contributed by atoms with Crippen LogP contribution in [0.2, 0.25) is 0 Å². The number of likely N-dealkylation sites (N-methyl/N-ethyl adjacent to an activating group) is 1. The first kappa shape index (κ1) is 28.8. The van der Waals surface area contributed by atoms with Crippen LogP contribution >= 0.6 is 0 Å². The second-order valence-corrected chi connectivity index (χ2v) is 10.1. The summed E-state index contributed by atoms with van der Waals surface area (Å²) in [6.45, 7) is 14.1. The molecule has 8 heteroatoms. The van der Waals surface area contributed by atoms with Crippen LogP contribution in [0.25, 0.3) is 0 Å². The maximum absolute atomic E-state index is 13.8. The Bertz CT molecular complexity index is 1070. The van der Waals surface area contributed by atoms with Gasteiger partial charge in [0.05, 0.1) is 6.61 Å². The highest BCUT2D eigenvalue weighted by Crippen LogP contribution is 2.28. The average Bonchev–Trinajstić information content (AvgIpc) is 2.75. The smallest absolute Gasteiger partial charge is 0.408 e. The lowest BCUT2D eigenvalue weighted by Gasteiger charge is -2.33. The number of nitrogens with one attached hydrogen (secondary N) is 2. The highest BCUT2D eigenvalue weighted by molar-refractivity contribution is 6.00. The van der Waals surface area contributed by atoms with Gasteiger partial charge in [0.15, 0.2) is 0 Å². The van der Waals surface area contributed by atoms with Gasteiger partial charge in [-0.25, -0.2) is 4.79 Å². The van der Waals surface area contributed by atoms with Crippen LogP contribution in [0.15, 0.2) is 36.4 Å². The van der Waals surface area contributed by atoms with Gasteiger partial charge in [-0.05, 0) is 72.1 Å². The number of carbonyl (C=O) groups excluding carboxylic acids is 3. The predicted molar refractivity (Wildman–Crippen MR) is 141 cm³/mol. The van der Waals surface area contributed by atoms with Crippen molar-refractivity contribution in [3.63, 3.8) is 0 Å². The summed E-state index contributed by atoms with van der Waals surface area (Å²) in [5.41, 5.74) is 4.25. The maximum atomic E-state index is 13.8. The number of aryl methyl sites for hydroxylation is 4. The van der Waals surface area contributed by atoms with E-state index in [1.165, 1.54) is 4.90 Å². The molecular weight excluding hydrogens is 458 g/mol. The van der Waals surface area contributed by atoms with Gasteiger partial charge in [0.2, 0.25) is 5.91 Å². The molecule has 2 unspecified atom stereocenters. The van der Waals surface area contributed by atoms with Crippen molar-refractivity contribution in [2.24, 2.45) is 0 Å². The average molecular weight is 498 g/mol. The molecule has 0 fully saturated rings. The monoisotopic (exact) mass is 497 g/mol. The Morgan fingerprint density at radius 3 is 2.03 bits per heavy atom. The summed E-state index contributed by atoms with van der Waals surface area (Å²) in [5.74, 6) is -0.978. The van der Waals surface area contributed by atoms with Crippen molar-refractivity contribution < 1.29 is 24.2 Å². The molecule has 0 aliphatic heterocycles. The molecule has 8 nitrogen and oxygen atoms in total. The number of benzene rings is 2. The summed E-state index contributed by atoms with van der Waals surface area (Å²) < 4.78 is 5.25. The molecule has 0 aromatic heterocycles. The number of aliphatic hydroxyl groups is 1. The van der Waals surface area contributed by atoms with Crippen molar-refractivity contribution in [3.8, 4) is 0 Å². The van der Waals surface area contributed by atoms with E-state index in [9.17, 15) is 19.5 Å². The van der Waals surface area contributed by atoms with E-state index in [2.05, 4.69) is 10.6 Å². The van der Waals surface area contributed by atoms with Crippen molar-refractivity contribution in [1.82, 2.24) is 10.2 Å². The minimum Gasteiger partial charge on any atom is -0.444 e. The number of anilines is 1. The molecule has 0 spiro atoms. The van der Waals surface area contributed by atoms with Crippen LogP contribution in [0.3, 0.4) is 0 Å². The molecular formula is C28H39N3O5. The largest absolute Gasteiger partial charge is 0.444 e. The van der Waals surface area contributed by atoms with Crippen LogP contribution in [0, 0.1) is 27.7 Å². The molecule has 0 bridgehead atoms. The van der Waals surface area contributed by atoms with E-state index >= 15 is 0 Å². The van der Waals surface area contributed by atoms with Crippen molar-refractivity contribution >= 4 is 23.6 Å². The van der Waals surface area contributed by atoms with Gasteiger partial charge < -0.3 is 25.4 Å². The number of alkyl carbamates (subject to hydrolysis) is 1. The third-order valence-electron chi connectivity index (χ3n) is 5.64. The van der Waals surface area contributed by atoms with E-state index in [1.807, 2.05) is 64.1 Å². The number of carbonyl (C=O) groups is 3.